The summed E-state index contributed by atoms with van der Waals surface area (Å²) >= 11 is 7.89. The minimum Gasteiger partial charge on any atom is -0.394 e. The molecule has 3 saturated heterocycles. The zero-order valence-corrected chi connectivity index (χ0v) is 20.2. The molecule has 3 N–H and O–H groups in total. The summed E-state index contributed by atoms with van der Waals surface area (Å²) in [5.74, 6) is -1.93. The summed E-state index contributed by atoms with van der Waals surface area (Å²) in [7, 11) is 1.57. The third-order valence-electron chi connectivity index (χ3n) is 7.36. The summed E-state index contributed by atoms with van der Waals surface area (Å²) in [5.41, 5.74) is 1.20. The number of rotatable bonds is 6. The first kappa shape index (κ1) is 23.2. The van der Waals surface area contributed by atoms with Gasteiger partial charge in [0, 0.05) is 12.3 Å². The Labute approximate surface area is 207 Å². The third-order valence-corrected chi connectivity index (χ3v) is 9.64. The largest absolute Gasteiger partial charge is 0.394 e. The number of hydrogen-bond acceptors (Lipinski definition) is 5. The van der Waals surface area contributed by atoms with Gasteiger partial charge in [-0.05, 0) is 30.5 Å². The number of anilines is 1. The maximum atomic E-state index is 14.0. The van der Waals surface area contributed by atoms with E-state index in [1.807, 2.05) is 30.3 Å². The fourth-order valence-electron chi connectivity index (χ4n) is 5.99. The molecule has 2 aromatic carbocycles. The number of para-hydroxylation sites is 1. The Morgan fingerprint density at radius 1 is 1.18 bits per heavy atom. The second-order valence-corrected chi connectivity index (χ2v) is 11.0. The van der Waals surface area contributed by atoms with E-state index < -0.39 is 28.7 Å². The summed E-state index contributed by atoms with van der Waals surface area (Å²) in [6.45, 7) is -0.340. The average Bonchev–Trinajstić information content (AvgIpc) is 3.49. The number of thioether (sulfide) groups is 1. The summed E-state index contributed by atoms with van der Waals surface area (Å²) in [6.07, 6.45) is 1.40. The van der Waals surface area contributed by atoms with Crippen LogP contribution in [0.5, 0.6) is 0 Å². The number of fused-ring (bicyclic) bond motifs is 1. The molecule has 0 aromatic heterocycles. The molecule has 3 aliphatic rings. The van der Waals surface area contributed by atoms with E-state index in [0.717, 1.165) is 12.0 Å². The van der Waals surface area contributed by atoms with Gasteiger partial charge in [0.15, 0.2) is 0 Å². The van der Waals surface area contributed by atoms with Gasteiger partial charge in [-0.25, -0.2) is 0 Å². The van der Waals surface area contributed by atoms with Gasteiger partial charge in [-0.3, -0.25) is 14.4 Å². The van der Waals surface area contributed by atoms with Crippen molar-refractivity contribution in [3.8, 4) is 0 Å². The number of carbonyl (C=O) groups excluding carboxylic acids is 3. The second-order valence-electron chi connectivity index (χ2n) is 8.99. The van der Waals surface area contributed by atoms with Gasteiger partial charge in [-0.2, -0.15) is 0 Å². The lowest BCUT2D eigenvalue weighted by atomic mass is 9.70. The lowest BCUT2D eigenvalue weighted by molar-refractivity contribution is -0.142. The maximum Gasteiger partial charge on any atom is 0.248 e. The smallest absolute Gasteiger partial charge is 0.248 e. The summed E-state index contributed by atoms with van der Waals surface area (Å²) < 4.78 is -0.744. The van der Waals surface area contributed by atoms with Crippen LogP contribution in [-0.2, 0) is 14.4 Å². The number of benzene rings is 2. The van der Waals surface area contributed by atoms with Crippen LogP contribution in [0.3, 0.4) is 0 Å². The molecule has 5 rings (SSSR count). The Morgan fingerprint density at radius 2 is 1.88 bits per heavy atom. The predicted molar refractivity (Wildman–Crippen MR) is 131 cm³/mol. The number of amides is 3. The van der Waals surface area contributed by atoms with Crippen LogP contribution in [0.15, 0.2) is 54.6 Å². The molecule has 34 heavy (non-hydrogen) atoms. The highest BCUT2D eigenvalue weighted by atomic mass is 35.5. The molecular weight excluding hydrogens is 474 g/mol. The highest BCUT2D eigenvalue weighted by Gasteiger charge is 2.74. The monoisotopic (exact) mass is 499 g/mol. The molecule has 7 nitrogen and oxygen atoms in total. The minimum absolute atomic E-state index is 0.0176. The molecular formula is C25H26ClN3O4S. The number of carbonyl (C=O) groups is 3. The third kappa shape index (κ3) is 3.42. The van der Waals surface area contributed by atoms with Gasteiger partial charge in [0.1, 0.15) is 6.04 Å². The van der Waals surface area contributed by atoms with E-state index in [2.05, 4.69) is 10.6 Å². The van der Waals surface area contributed by atoms with Crippen LogP contribution in [0.4, 0.5) is 5.69 Å². The van der Waals surface area contributed by atoms with Crippen molar-refractivity contribution >= 4 is 46.8 Å². The van der Waals surface area contributed by atoms with Crippen molar-refractivity contribution in [1.29, 1.82) is 0 Å². The molecule has 178 valence electrons. The Kier molecular flexibility index (Phi) is 6.08. The molecule has 3 amide bonds. The molecule has 3 aliphatic heterocycles. The zero-order chi connectivity index (χ0) is 24.0. The standard InChI is InChI=1S/C25H26ClN3O4S/c1-27-22(31)19-18-11-12-25(34-18)20(19)24(33)29(17(13-30)14-7-3-2-4-8-14)21(25)23(32)28-16-10-6-5-9-15(16)26/h2-10,17-21,30H,11-13H2,1H3,(H,27,31)(H,28,32)/t17-,18-,19+,20+,21?,25?/m1/s1. The van der Waals surface area contributed by atoms with E-state index in [0.29, 0.717) is 17.1 Å². The quantitative estimate of drug-likeness (QED) is 0.567. The molecule has 0 radical (unpaired) electrons. The molecule has 3 heterocycles. The van der Waals surface area contributed by atoms with Crippen LogP contribution in [0, 0.1) is 11.8 Å². The second kappa shape index (κ2) is 8.91. The number of aliphatic hydroxyl groups excluding tert-OH is 1. The first-order valence-electron chi connectivity index (χ1n) is 11.4. The predicted octanol–water partition coefficient (Wildman–Crippen LogP) is 2.85. The molecule has 2 unspecified atom stereocenters. The molecule has 0 aliphatic carbocycles. The SMILES string of the molecule is CNC(=O)[C@@H]1[C@H]2C(=O)N([C@H](CO)c3ccccc3)C(C(=O)Nc3ccccc3Cl)C23CC[C@H]1S3. The molecule has 6 atom stereocenters. The van der Waals surface area contributed by atoms with Crippen molar-refractivity contribution in [2.24, 2.45) is 11.8 Å². The number of aliphatic hydroxyl groups is 1. The first-order valence-corrected chi connectivity index (χ1v) is 12.6. The van der Waals surface area contributed by atoms with E-state index in [4.69, 9.17) is 11.6 Å². The van der Waals surface area contributed by atoms with E-state index in [1.165, 1.54) is 4.90 Å². The van der Waals surface area contributed by atoms with Crippen molar-refractivity contribution < 1.29 is 19.5 Å². The number of hydrogen-bond donors (Lipinski definition) is 3. The van der Waals surface area contributed by atoms with Crippen molar-refractivity contribution in [3.63, 3.8) is 0 Å². The van der Waals surface area contributed by atoms with Gasteiger partial charge in [-0.15, -0.1) is 11.8 Å². The topological polar surface area (TPSA) is 98.7 Å². The highest BCUT2D eigenvalue weighted by molar-refractivity contribution is 8.02. The molecule has 2 aromatic rings. The Morgan fingerprint density at radius 3 is 2.56 bits per heavy atom. The fourth-order valence-corrected chi connectivity index (χ4v) is 8.38. The van der Waals surface area contributed by atoms with Gasteiger partial charge in [-0.1, -0.05) is 54.1 Å². The van der Waals surface area contributed by atoms with Crippen molar-refractivity contribution in [1.82, 2.24) is 10.2 Å². The van der Waals surface area contributed by atoms with Gasteiger partial charge < -0.3 is 20.6 Å². The Balaban J connectivity index is 1.60. The van der Waals surface area contributed by atoms with Crippen molar-refractivity contribution in [2.45, 2.75) is 34.9 Å². The van der Waals surface area contributed by atoms with Crippen LogP contribution in [0.2, 0.25) is 5.02 Å². The van der Waals surface area contributed by atoms with Crippen LogP contribution in [-0.4, -0.2) is 57.4 Å². The van der Waals surface area contributed by atoms with Crippen LogP contribution >= 0.6 is 23.4 Å². The van der Waals surface area contributed by atoms with E-state index in [-0.39, 0.29) is 29.6 Å². The number of nitrogens with one attached hydrogen (secondary N) is 2. The Bertz CT molecular complexity index is 1130. The number of likely N-dealkylation sites (tertiary alicyclic amines) is 1. The lowest BCUT2D eigenvalue weighted by Crippen LogP contribution is -2.52. The molecule has 1 spiro atoms. The first-order chi connectivity index (χ1) is 16.4. The van der Waals surface area contributed by atoms with Gasteiger partial charge in [0.2, 0.25) is 17.7 Å². The Hall–Kier alpha value is -2.55. The van der Waals surface area contributed by atoms with Gasteiger partial charge in [0.05, 0.1) is 39.9 Å². The normalized spacial score (nSPS) is 30.2. The van der Waals surface area contributed by atoms with E-state index >= 15 is 0 Å². The lowest BCUT2D eigenvalue weighted by Gasteiger charge is -2.37. The number of halogens is 1. The fraction of sp³-hybridized carbons (Fsp3) is 0.400. The van der Waals surface area contributed by atoms with Crippen molar-refractivity contribution in [3.05, 3.63) is 65.2 Å². The van der Waals surface area contributed by atoms with Crippen LogP contribution in [0.25, 0.3) is 0 Å². The van der Waals surface area contributed by atoms with Crippen molar-refractivity contribution in [2.75, 3.05) is 19.0 Å². The summed E-state index contributed by atoms with van der Waals surface area (Å²) in [5, 5.41) is 16.4. The minimum atomic E-state index is -0.858. The molecule has 2 bridgehead atoms. The molecule has 9 heteroatoms. The van der Waals surface area contributed by atoms with E-state index in [1.54, 1.807) is 43.1 Å². The van der Waals surface area contributed by atoms with Gasteiger partial charge >= 0.3 is 0 Å². The molecule has 0 saturated carbocycles. The number of nitrogens with zero attached hydrogens (tertiary/aromatic N) is 1. The maximum absolute atomic E-state index is 14.0. The summed E-state index contributed by atoms with van der Waals surface area (Å²) in [4.78, 5) is 42.3. The van der Waals surface area contributed by atoms with Crippen LogP contribution < -0.4 is 10.6 Å². The van der Waals surface area contributed by atoms with Gasteiger partial charge in [0.25, 0.3) is 0 Å². The van der Waals surface area contributed by atoms with Crippen LogP contribution in [0.1, 0.15) is 24.4 Å². The molecule has 3 fully saturated rings. The zero-order valence-electron chi connectivity index (χ0n) is 18.6. The average molecular weight is 500 g/mol. The highest BCUT2D eigenvalue weighted by Crippen LogP contribution is 2.67. The van der Waals surface area contributed by atoms with E-state index in [9.17, 15) is 19.5 Å². The summed E-state index contributed by atoms with van der Waals surface area (Å²) in [6, 6.07) is 14.6.